The fraction of sp³-hybridized carbons (Fsp3) is 0.111. The van der Waals surface area contributed by atoms with Crippen molar-refractivity contribution in [1.82, 2.24) is 9.78 Å². The minimum Gasteiger partial charge on any atom is -0.452 e. The van der Waals surface area contributed by atoms with Crippen molar-refractivity contribution < 1.29 is 17.6 Å². The Morgan fingerprint density at radius 2 is 2.26 bits per heavy atom. The Balaban J connectivity index is 2.35. The first-order valence-electron chi connectivity index (χ1n) is 4.90. The lowest BCUT2D eigenvalue weighted by molar-refractivity contribution is 0.102. The Hall–Kier alpha value is -1.84. The maximum absolute atomic E-state index is 11.8. The number of nitrogens with two attached hydrogens (primary N) is 1. The van der Waals surface area contributed by atoms with E-state index in [9.17, 15) is 13.2 Å². The van der Waals surface area contributed by atoms with Crippen LogP contribution in [-0.4, -0.2) is 24.1 Å². The van der Waals surface area contributed by atoms with Gasteiger partial charge >= 0.3 is 0 Å². The van der Waals surface area contributed by atoms with Crippen molar-refractivity contribution >= 4 is 33.3 Å². The van der Waals surface area contributed by atoms with Gasteiger partial charge in [0.05, 0.1) is 11.8 Å². The number of halogens is 1. The molecule has 0 aliphatic heterocycles. The summed E-state index contributed by atoms with van der Waals surface area (Å²) in [5.74, 6) is -0.824. The lowest BCUT2D eigenvalue weighted by Crippen LogP contribution is -2.17. The number of primary sulfonamides is 1. The quantitative estimate of drug-likeness (QED) is 0.858. The zero-order chi connectivity index (χ0) is 14.2. The highest BCUT2D eigenvalue weighted by Gasteiger charge is 2.22. The number of aryl methyl sites for hydroxylation is 1. The van der Waals surface area contributed by atoms with Gasteiger partial charge in [0.15, 0.2) is 5.82 Å². The number of carbonyl (C=O) groups is 1. The molecule has 102 valence electrons. The van der Waals surface area contributed by atoms with Gasteiger partial charge in [0.25, 0.3) is 5.91 Å². The molecular formula is C9H9ClN4O4S. The van der Waals surface area contributed by atoms with Crippen LogP contribution in [-0.2, 0) is 17.1 Å². The molecule has 0 aromatic carbocycles. The molecule has 0 aliphatic carbocycles. The fourth-order valence-corrected chi connectivity index (χ4v) is 2.25. The van der Waals surface area contributed by atoms with E-state index in [2.05, 4.69) is 10.4 Å². The number of hydrogen-bond acceptors (Lipinski definition) is 5. The molecule has 0 aliphatic rings. The van der Waals surface area contributed by atoms with Gasteiger partial charge in [-0.05, 0) is 17.7 Å². The smallest absolute Gasteiger partial charge is 0.261 e. The largest absolute Gasteiger partial charge is 0.452 e. The highest BCUT2D eigenvalue weighted by Crippen LogP contribution is 2.21. The number of aromatic nitrogens is 2. The van der Waals surface area contributed by atoms with Crippen molar-refractivity contribution in [3.63, 3.8) is 0 Å². The zero-order valence-electron chi connectivity index (χ0n) is 9.62. The highest BCUT2D eigenvalue weighted by atomic mass is 35.5. The van der Waals surface area contributed by atoms with Crippen LogP contribution >= 0.6 is 11.6 Å². The van der Waals surface area contributed by atoms with Gasteiger partial charge in [-0.15, -0.1) is 0 Å². The lowest BCUT2D eigenvalue weighted by atomic mass is 10.3. The van der Waals surface area contributed by atoms with Crippen LogP contribution < -0.4 is 10.5 Å². The molecule has 1 amide bonds. The van der Waals surface area contributed by atoms with Crippen LogP contribution in [0.2, 0.25) is 5.22 Å². The monoisotopic (exact) mass is 304 g/mol. The molecule has 0 radical (unpaired) electrons. The Kier molecular flexibility index (Phi) is 3.35. The third-order valence-corrected chi connectivity index (χ3v) is 3.40. The maximum Gasteiger partial charge on any atom is 0.261 e. The van der Waals surface area contributed by atoms with Crippen LogP contribution in [0.3, 0.4) is 0 Å². The molecule has 2 heterocycles. The third kappa shape index (κ3) is 2.78. The Morgan fingerprint density at radius 3 is 2.79 bits per heavy atom. The van der Waals surface area contributed by atoms with Crippen molar-refractivity contribution in [3.05, 3.63) is 29.3 Å². The number of amides is 1. The first-order chi connectivity index (χ1) is 8.79. The molecule has 3 N–H and O–H groups in total. The topological polar surface area (TPSA) is 120 Å². The number of nitrogens with zero attached hydrogens (tertiary/aromatic N) is 2. The molecule has 0 saturated carbocycles. The molecule has 2 aromatic heterocycles. The van der Waals surface area contributed by atoms with Gasteiger partial charge in [0.1, 0.15) is 4.90 Å². The number of sulfonamides is 1. The molecule has 0 unspecified atom stereocenters. The average Bonchev–Trinajstić information content (AvgIpc) is 2.84. The van der Waals surface area contributed by atoms with E-state index in [1.807, 2.05) is 0 Å². The van der Waals surface area contributed by atoms with Gasteiger partial charge in [-0.1, -0.05) is 0 Å². The first kappa shape index (κ1) is 13.6. The second-order valence-electron chi connectivity index (χ2n) is 3.62. The minimum atomic E-state index is -3.99. The highest BCUT2D eigenvalue weighted by molar-refractivity contribution is 7.89. The molecule has 0 fully saturated rings. The SMILES string of the molecule is Cn1cc(S(N)(=O)=O)c(NC(=O)c2ccoc2Cl)n1. The van der Waals surface area contributed by atoms with Gasteiger partial charge in [-0.2, -0.15) is 5.10 Å². The molecule has 2 rings (SSSR count). The summed E-state index contributed by atoms with van der Waals surface area (Å²) in [6.07, 6.45) is 2.41. The number of carbonyl (C=O) groups excluding carboxylic acids is 1. The second kappa shape index (κ2) is 4.68. The van der Waals surface area contributed by atoms with Gasteiger partial charge in [0, 0.05) is 13.2 Å². The third-order valence-electron chi connectivity index (χ3n) is 2.20. The van der Waals surface area contributed by atoms with E-state index in [4.69, 9.17) is 21.2 Å². The molecule has 0 bridgehead atoms. The molecule has 19 heavy (non-hydrogen) atoms. The summed E-state index contributed by atoms with van der Waals surface area (Å²) >= 11 is 5.64. The maximum atomic E-state index is 11.8. The Labute approximate surface area is 113 Å². The first-order valence-corrected chi connectivity index (χ1v) is 6.82. The van der Waals surface area contributed by atoms with Gasteiger partial charge in [0.2, 0.25) is 15.2 Å². The Morgan fingerprint density at radius 1 is 1.58 bits per heavy atom. The van der Waals surface area contributed by atoms with Crippen LogP contribution in [0.15, 0.2) is 27.8 Å². The normalized spacial score (nSPS) is 11.5. The lowest BCUT2D eigenvalue weighted by Gasteiger charge is -2.02. The number of nitrogens with one attached hydrogen (secondary N) is 1. The van der Waals surface area contributed by atoms with Crippen molar-refractivity contribution in [2.75, 3.05) is 5.32 Å². The molecule has 0 saturated heterocycles. The molecule has 8 nitrogen and oxygen atoms in total. The minimum absolute atomic E-state index is 0.0627. The van der Waals surface area contributed by atoms with E-state index in [0.717, 1.165) is 0 Å². The van der Waals surface area contributed by atoms with Crippen LogP contribution in [0, 0.1) is 0 Å². The predicted octanol–water partition coefficient (Wildman–Crippen LogP) is 0.566. The zero-order valence-corrected chi connectivity index (χ0v) is 11.2. The summed E-state index contributed by atoms with van der Waals surface area (Å²) in [5, 5.41) is 11.0. The van der Waals surface area contributed by atoms with E-state index >= 15 is 0 Å². The summed E-state index contributed by atoms with van der Waals surface area (Å²) in [4.78, 5) is 11.6. The summed E-state index contributed by atoms with van der Waals surface area (Å²) in [7, 11) is -2.50. The van der Waals surface area contributed by atoms with Crippen LogP contribution in [0.5, 0.6) is 0 Å². The van der Waals surface area contributed by atoms with E-state index in [-0.39, 0.29) is 21.5 Å². The number of anilines is 1. The van der Waals surface area contributed by atoms with Gasteiger partial charge < -0.3 is 9.73 Å². The predicted molar refractivity (Wildman–Crippen MR) is 66.3 cm³/mol. The molecule has 0 atom stereocenters. The fourth-order valence-electron chi connectivity index (χ4n) is 1.39. The molecule has 2 aromatic rings. The van der Waals surface area contributed by atoms with Crippen LogP contribution in [0.4, 0.5) is 5.82 Å². The van der Waals surface area contributed by atoms with E-state index in [1.165, 1.54) is 30.3 Å². The number of furan rings is 1. The summed E-state index contributed by atoms with van der Waals surface area (Å²) in [6, 6.07) is 1.34. The summed E-state index contributed by atoms with van der Waals surface area (Å²) < 4.78 is 28.6. The van der Waals surface area contributed by atoms with Gasteiger partial charge in [-0.25, -0.2) is 13.6 Å². The van der Waals surface area contributed by atoms with Crippen LogP contribution in [0.1, 0.15) is 10.4 Å². The summed E-state index contributed by atoms with van der Waals surface area (Å²) in [6.45, 7) is 0. The number of rotatable bonds is 3. The molecule has 0 spiro atoms. The van der Waals surface area contributed by atoms with E-state index in [1.54, 1.807) is 0 Å². The van der Waals surface area contributed by atoms with E-state index in [0.29, 0.717) is 0 Å². The van der Waals surface area contributed by atoms with Crippen LogP contribution in [0.25, 0.3) is 0 Å². The average molecular weight is 305 g/mol. The summed E-state index contributed by atoms with van der Waals surface area (Å²) in [5.41, 5.74) is 0.0627. The standard InChI is InChI=1S/C9H9ClN4O4S/c1-14-4-6(19(11,16)17)8(13-14)12-9(15)5-2-3-18-7(5)10/h2-4H,1H3,(H2,11,16,17)(H,12,13,15). The second-order valence-corrected chi connectivity index (χ2v) is 5.50. The van der Waals surface area contributed by atoms with Gasteiger partial charge in [-0.3, -0.25) is 9.48 Å². The number of hydrogen-bond donors (Lipinski definition) is 2. The van der Waals surface area contributed by atoms with E-state index < -0.39 is 15.9 Å². The van der Waals surface area contributed by atoms with Crippen molar-refractivity contribution in [3.8, 4) is 0 Å². The molecular weight excluding hydrogens is 296 g/mol. The van der Waals surface area contributed by atoms with Crippen molar-refractivity contribution in [1.29, 1.82) is 0 Å². The van der Waals surface area contributed by atoms with Crippen molar-refractivity contribution in [2.24, 2.45) is 12.2 Å². The van der Waals surface area contributed by atoms with Crippen molar-refractivity contribution in [2.45, 2.75) is 4.90 Å². The Bertz CT molecular complexity index is 733. The molecule has 10 heteroatoms.